The number of hydrogen-bond donors (Lipinski definition) is 0. The lowest BCUT2D eigenvalue weighted by Crippen LogP contribution is -2.35. The Morgan fingerprint density at radius 3 is 2.77 bits per heavy atom. The number of ether oxygens (including phenoxy) is 1. The minimum atomic E-state index is -0.00954. The molecule has 0 aliphatic heterocycles. The van der Waals surface area contributed by atoms with Crippen molar-refractivity contribution in [2.24, 2.45) is 0 Å². The third-order valence-corrected chi connectivity index (χ3v) is 5.14. The second kappa shape index (κ2) is 9.07. The first kappa shape index (κ1) is 18.8. The molecule has 2 heterocycles. The van der Waals surface area contributed by atoms with Gasteiger partial charge in [0.25, 0.3) is 5.91 Å². The molecule has 3 aromatic rings. The van der Waals surface area contributed by atoms with Crippen LogP contribution in [0.15, 0.2) is 50.8 Å². The van der Waals surface area contributed by atoms with Gasteiger partial charge in [0.2, 0.25) is 11.7 Å². The van der Waals surface area contributed by atoms with Crippen molar-refractivity contribution in [2.45, 2.75) is 6.42 Å². The summed E-state index contributed by atoms with van der Waals surface area (Å²) < 4.78 is 11.4. The molecule has 136 valence electrons. The molecular formula is C18H18BrN3O3S. The van der Waals surface area contributed by atoms with E-state index in [2.05, 4.69) is 26.1 Å². The Balaban J connectivity index is 1.65. The molecule has 0 spiro atoms. The number of carbonyl (C=O) groups is 1. The van der Waals surface area contributed by atoms with Crippen molar-refractivity contribution in [3.63, 3.8) is 0 Å². The van der Waals surface area contributed by atoms with Crippen molar-refractivity contribution in [3.05, 3.63) is 57.0 Å². The number of benzene rings is 1. The van der Waals surface area contributed by atoms with E-state index < -0.39 is 0 Å². The van der Waals surface area contributed by atoms with Gasteiger partial charge in [-0.15, -0.1) is 11.3 Å². The number of methoxy groups -OCH3 is 1. The molecule has 0 saturated carbocycles. The summed E-state index contributed by atoms with van der Waals surface area (Å²) in [5, 5.41) is 5.92. The van der Waals surface area contributed by atoms with Gasteiger partial charge in [-0.05, 0) is 35.7 Å². The van der Waals surface area contributed by atoms with Crippen LogP contribution in [0.1, 0.15) is 15.6 Å². The largest absolute Gasteiger partial charge is 0.383 e. The lowest BCUT2D eigenvalue weighted by molar-refractivity contribution is 0.0698. The first-order chi connectivity index (χ1) is 12.7. The molecule has 26 heavy (non-hydrogen) atoms. The molecule has 0 fully saturated rings. The number of thiophene rings is 1. The van der Waals surface area contributed by atoms with Crippen LogP contribution in [0.2, 0.25) is 0 Å². The van der Waals surface area contributed by atoms with Gasteiger partial charge >= 0.3 is 0 Å². The Morgan fingerprint density at radius 1 is 1.27 bits per heavy atom. The molecule has 2 aromatic heterocycles. The lowest BCUT2D eigenvalue weighted by Gasteiger charge is -2.20. The van der Waals surface area contributed by atoms with Crippen LogP contribution in [0.3, 0.4) is 0 Å². The summed E-state index contributed by atoms with van der Waals surface area (Å²) in [7, 11) is 1.62. The number of amides is 1. The molecule has 0 saturated heterocycles. The summed E-state index contributed by atoms with van der Waals surface area (Å²) in [5.41, 5.74) is 0.883. The number of nitrogens with zero attached hydrogens (tertiary/aromatic N) is 3. The van der Waals surface area contributed by atoms with Gasteiger partial charge in [-0.3, -0.25) is 4.79 Å². The highest BCUT2D eigenvalue weighted by molar-refractivity contribution is 9.10. The average Bonchev–Trinajstić information content (AvgIpc) is 3.34. The molecule has 1 aromatic carbocycles. The maximum atomic E-state index is 12.6. The number of hydrogen-bond acceptors (Lipinski definition) is 6. The fourth-order valence-electron chi connectivity index (χ4n) is 2.38. The van der Waals surface area contributed by atoms with Gasteiger partial charge in [-0.2, -0.15) is 4.98 Å². The highest BCUT2D eigenvalue weighted by atomic mass is 79.9. The number of rotatable bonds is 8. The minimum absolute atomic E-state index is 0.00954. The maximum Gasteiger partial charge on any atom is 0.264 e. The van der Waals surface area contributed by atoms with Gasteiger partial charge in [0, 0.05) is 36.7 Å². The Bertz CT molecular complexity index is 834. The minimum Gasteiger partial charge on any atom is -0.383 e. The van der Waals surface area contributed by atoms with E-state index in [9.17, 15) is 4.79 Å². The number of aromatic nitrogens is 2. The van der Waals surface area contributed by atoms with Crippen LogP contribution in [0.5, 0.6) is 0 Å². The molecule has 3 rings (SSSR count). The van der Waals surface area contributed by atoms with Crippen molar-refractivity contribution in [2.75, 3.05) is 26.8 Å². The van der Waals surface area contributed by atoms with Gasteiger partial charge in [0.15, 0.2) is 0 Å². The normalized spacial score (nSPS) is 10.8. The Labute approximate surface area is 163 Å². The van der Waals surface area contributed by atoms with E-state index in [0.29, 0.717) is 42.7 Å². The lowest BCUT2D eigenvalue weighted by atomic mass is 10.2. The zero-order chi connectivity index (χ0) is 18.4. The van der Waals surface area contributed by atoms with Gasteiger partial charge in [-0.25, -0.2) is 0 Å². The first-order valence-electron chi connectivity index (χ1n) is 8.07. The topological polar surface area (TPSA) is 68.5 Å². The van der Waals surface area contributed by atoms with Crippen molar-refractivity contribution in [1.29, 1.82) is 0 Å². The summed E-state index contributed by atoms with van der Waals surface area (Å²) in [6, 6.07) is 11.4. The predicted octanol–water partition coefficient (Wildman–Crippen LogP) is 3.89. The smallest absolute Gasteiger partial charge is 0.264 e. The highest BCUT2D eigenvalue weighted by Crippen LogP contribution is 2.19. The summed E-state index contributed by atoms with van der Waals surface area (Å²) in [4.78, 5) is 19.5. The first-order valence-corrected chi connectivity index (χ1v) is 9.75. The molecule has 6 nitrogen and oxygen atoms in total. The van der Waals surface area contributed by atoms with Crippen molar-refractivity contribution >= 4 is 33.2 Å². The van der Waals surface area contributed by atoms with E-state index in [1.54, 1.807) is 12.0 Å². The fraction of sp³-hybridized carbons (Fsp3) is 0.278. The fourth-order valence-corrected chi connectivity index (χ4v) is 3.33. The molecule has 1 amide bonds. The van der Waals surface area contributed by atoms with Crippen molar-refractivity contribution in [3.8, 4) is 11.4 Å². The third kappa shape index (κ3) is 4.78. The summed E-state index contributed by atoms with van der Waals surface area (Å²) in [5.74, 6) is 1.04. The summed E-state index contributed by atoms with van der Waals surface area (Å²) >= 11 is 4.83. The van der Waals surface area contributed by atoms with E-state index in [-0.39, 0.29) is 5.91 Å². The van der Waals surface area contributed by atoms with Crippen molar-refractivity contribution < 1.29 is 14.1 Å². The zero-order valence-corrected chi connectivity index (χ0v) is 16.6. The van der Waals surface area contributed by atoms with Crippen LogP contribution in [-0.2, 0) is 11.2 Å². The van der Waals surface area contributed by atoms with E-state index in [1.165, 1.54) is 11.3 Å². The average molecular weight is 436 g/mol. The Hall–Kier alpha value is -2.03. The van der Waals surface area contributed by atoms with E-state index in [0.717, 1.165) is 10.0 Å². The number of carbonyl (C=O) groups excluding carboxylic acids is 1. The SMILES string of the molecule is COCCN(CCc1nc(-c2ccc(Br)cc2)no1)C(=O)c1cccs1. The molecule has 0 atom stereocenters. The molecule has 0 aliphatic carbocycles. The van der Waals surface area contributed by atoms with Crippen LogP contribution in [0.4, 0.5) is 0 Å². The van der Waals surface area contributed by atoms with Crippen LogP contribution in [0, 0.1) is 0 Å². The summed E-state index contributed by atoms with van der Waals surface area (Å²) in [6.45, 7) is 1.48. The van der Waals surface area contributed by atoms with Crippen LogP contribution >= 0.6 is 27.3 Å². The monoisotopic (exact) mass is 435 g/mol. The van der Waals surface area contributed by atoms with Gasteiger partial charge in [0.05, 0.1) is 11.5 Å². The van der Waals surface area contributed by atoms with E-state index in [1.807, 2.05) is 41.8 Å². The third-order valence-electron chi connectivity index (χ3n) is 3.75. The standard InChI is InChI=1S/C18H18BrN3O3S/c1-24-11-10-22(18(23)15-3-2-12-26-15)9-8-16-20-17(21-25-16)13-4-6-14(19)7-5-13/h2-7,12H,8-11H2,1H3. The van der Waals surface area contributed by atoms with Crippen LogP contribution in [-0.4, -0.2) is 47.8 Å². The highest BCUT2D eigenvalue weighted by Gasteiger charge is 2.18. The van der Waals surface area contributed by atoms with E-state index >= 15 is 0 Å². The molecule has 0 bridgehead atoms. The molecule has 0 N–H and O–H groups in total. The Morgan fingerprint density at radius 2 is 2.08 bits per heavy atom. The quantitative estimate of drug-likeness (QED) is 0.536. The van der Waals surface area contributed by atoms with Gasteiger partial charge in [0.1, 0.15) is 0 Å². The van der Waals surface area contributed by atoms with Gasteiger partial charge in [-0.1, -0.05) is 27.2 Å². The van der Waals surface area contributed by atoms with Crippen LogP contribution < -0.4 is 0 Å². The molecule has 0 radical (unpaired) electrons. The van der Waals surface area contributed by atoms with E-state index in [4.69, 9.17) is 9.26 Å². The zero-order valence-electron chi connectivity index (χ0n) is 14.2. The molecule has 0 unspecified atom stereocenters. The van der Waals surface area contributed by atoms with Crippen LogP contribution in [0.25, 0.3) is 11.4 Å². The maximum absolute atomic E-state index is 12.6. The molecular weight excluding hydrogens is 418 g/mol. The predicted molar refractivity (Wildman–Crippen MR) is 103 cm³/mol. The summed E-state index contributed by atoms with van der Waals surface area (Å²) in [6.07, 6.45) is 0.490. The Kier molecular flexibility index (Phi) is 6.54. The molecule has 0 aliphatic rings. The second-order valence-electron chi connectivity index (χ2n) is 5.53. The molecule has 8 heteroatoms. The van der Waals surface area contributed by atoms with Crippen molar-refractivity contribution in [1.82, 2.24) is 15.0 Å². The second-order valence-corrected chi connectivity index (χ2v) is 7.39. The number of halogens is 1. The van der Waals surface area contributed by atoms with Gasteiger partial charge < -0.3 is 14.2 Å².